The van der Waals surface area contributed by atoms with E-state index in [9.17, 15) is 9.18 Å². The maximum Gasteiger partial charge on any atom is 0.146 e. The first-order valence-corrected chi connectivity index (χ1v) is 4.83. The molecule has 70 valence electrons. The summed E-state index contributed by atoms with van der Waals surface area (Å²) >= 11 is 8.74. The Labute approximate surface area is 89.0 Å². The van der Waals surface area contributed by atoms with Crippen LogP contribution in [-0.4, -0.2) is 6.29 Å². The fourth-order valence-corrected chi connectivity index (χ4v) is 1.86. The van der Waals surface area contributed by atoms with Crippen LogP contribution in [0.15, 0.2) is 16.6 Å². The molecule has 0 aliphatic carbocycles. The second-order valence-corrected chi connectivity index (χ2v) is 3.94. The highest BCUT2D eigenvalue weighted by molar-refractivity contribution is 9.10. The molecule has 1 unspecified atom stereocenters. The van der Waals surface area contributed by atoms with E-state index in [0.717, 1.165) is 0 Å². The van der Waals surface area contributed by atoms with Gasteiger partial charge in [-0.3, -0.25) is 0 Å². The average molecular weight is 266 g/mol. The molecule has 0 fully saturated rings. The van der Waals surface area contributed by atoms with Crippen LogP contribution in [0.2, 0.25) is 5.02 Å². The molecule has 1 atom stereocenters. The number of halogens is 3. The Morgan fingerprint density at radius 2 is 2.23 bits per heavy atom. The lowest BCUT2D eigenvalue weighted by Gasteiger charge is -2.09. The molecular formula is C9H7BrClFO. The van der Waals surface area contributed by atoms with Crippen molar-refractivity contribution in [2.75, 3.05) is 0 Å². The quantitative estimate of drug-likeness (QED) is 0.590. The monoisotopic (exact) mass is 264 g/mol. The molecule has 1 nitrogen and oxygen atoms in total. The number of hydrogen-bond donors (Lipinski definition) is 0. The molecule has 0 bridgehead atoms. The van der Waals surface area contributed by atoms with E-state index in [0.29, 0.717) is 16.3 Å². The Bertz CT molecular complexity index is 341. The third-order valence-corrected chi connectivity index (χ3v) is 2.72. The molecule has 0 saturated carbocycles. The van der Waals surface area contributed by atoms with Crippen molar-refractivity contribution in [2.45, 2.75) is 12.8 Å². The molecule has 4 heteroatoms. The van der Waals surface area contributed by atoms with Crippen LogP contribution in [0.5, 0.6) is 0 Å². The molecule has 0 N–H and O–H groups in total. The summed E-state index contributed by atoms with van der Waals surface area (Å²) in [6.07, 6.45) is 0.680. The minimum absolute atomic E-state index is 0.0342. The molecule has 1 aromatic carbocycles. The summed E-state index contributed by atoms with van der Waals surface area (Å²) in [6, 6.07) is 3.07. The summed E-state index contributed by atoms with van der Waals surface area (Å²) < 4.78 is 13.9. The van der Waals surface area contributed by atoms with Gasteiger partial charge < -0.3 is 4.79 Å². The summed E-state index contributed by atoms with van der Waals surface area (Å²) in [4.78, 5) is 10.5. The maximum absolute atomic E-state index is 13.4. The van der Waals surface area contributed by atoms with Crippen molar-refractivity contribution in [3.63, 3.8) is 0 Å². The number of hydrogen-bond acceptors (Lipinski definition) is 1. The van der Waals surface area contributed by atoms with Gasteiger partial charge in [-0.05, 0) is 12.1 Å². The second-order valence-electron chi connectivity index (χ2n) is 2.68. The van der Waals surface area contributed by atoms with E-state index in [1.165, 1.54) is 6.07 Å². The molecule has 0 spiro atoms. The van der Waals surface area contributed by atoms with E-state index in [1.54, 1.807) is 13.0 Å². The number of carbonyl (C=O) groups is 1. The SMILES string of the molecule is CC(C=O)c1c(Br)ccc(Cl)c1F. The van der Waals surface area contributed by atoms with Gasteiger partial charge in [-0.1, -0.05) is 34.5 Å². The Balaban J connectivity index is 3.32. The lowest BCUT2D eigenvalue weighted by atomic mass is 10.0. The summed E-state index contributed by atoms with van der Waals surface area (Å²) in [5, 5.41) is 0.0342. The second kappa shape index (κ2) is 4.20. The highest BCUT2D eigenvalue weighted by Crippen LogP contribution is 2.30. The summed E-state index contributed by atoms with van der Waals surface area (Å²) in [6.45, 7) is 1.62. The van der Waals surface area contributed by atoms with E-state index in [2.05, 4.69) is 15.9 Å². The van der Waals surface area contributed by atoms with Crippen molar-refractivity contribution in [1.29, 1.82) is 0 Å². The van der Waals surface area contributed by atoms with Crippen molar-refractivity contribution < 1.29 is 9.18 Å². The Morgan fingerprint density at radius 3 is 2.77 bits per heavy atom. The minimum Gasteiger partial charge on any atom is -0.303 e. The standard InChI is InChI=1S/C9H7BrClFO/c1-5(4-13)8-6(10)2-3-7(11)9(8)12/h2-5H,1H3. The van der Waals surface area contributed by atoms with E-state index >= 15 is 0 Å². The van der Waals surface area contributed by atoms with Crippen molar-refractivity contribution in [2.24, 2.45) is 0 Å². The van der Waals surface area contributed by atoms with Crippen LogP contribution < -0.4 is 0 Å². The van der Waals surface area contributed by atoms with Gasteiger partial charge in [0.15, 0.2) is 0 Å². The van der Waals surface area contributed by atoms with Crippen molar-refractivity contribution in [1.82, 2.24) is 0 Å². The molecule has 13 heavy (non-hydrogen) atoms. The van der Waals surface area contributed by atoms with Crippen LogP contribution in [0.1, 0.15) is 18.4 Å². The minimum atomic E-state index is -0.532. The third kappa shape index (κ3) is 2.09. The van der Waals surface area contributed by atoms with Gasteiger partial charge in [0.25, 0.3) is 0 Å². The van der Waals surface area contributed by atoms with Gasteiger partial charge in [-0.15, -0.1) is 0 Å². The summed E-state index contributed by atoms with van der Waals surface area (Å²) in [5.74, 6) is -1.02. The predicted molar refractivity (Wildman–Crippen MR) is 53.6 cm³/mol. The van der Waals surface area contributed by atoms with Gasteiger partial charge in [0.1, 0.15) is 12.1 Å². The van der Waals surface area contributed by atoms with Crippen molar-refractivity contribution in [3.05, 3.63) is 33.0 Å². The normalized spacial score (nSPS) is 12.6. The zero-order valence-electron chi connectivity index (χ0n) is 6.85. The van der Waals surface area contributed by atoms with Gasteiger partial charge in [0.2, 0.25) is 0 Å². The van der Waals surface area contributed by atoms with Crippen LogP contribution in [0, 0.1) is 5.82 Å². The Hall–Kier alpha value is -0.410. The van der Waals surface area contributed by atoms with Crippen LogP contribution in [-0.2, 0) is 4.79 Å². The molecule has 0 radical (unpaired) electrons. The number of benzene rings is 1. The van der Waals surface area contributed by atoms with Gasteiger partial charge in [0.05, 0.1) is 5.02 Å². The maximum atomic E-state index is 13.4. The van der Waals surface area contributed by atoms with E-state index in [4.69, 9.17) is 11.6 Å². The molecule has 0 aliphatic heterocycles. The first-order valence-electron chi connectivity index (χ1n) is 3.66. The van der Waals surface area contributed by atoms with Gasteiger partial charge >= 0.3 is 0 Å². The van der Waals surface area contributed by atoms with E-state index in [-0.39, 0.29) is 5.02 Å². The molecule has 1 aromatic rings. The zero-order chi connectivity index (χ0) is 10.0. The Kier molecular flexibility index (Phi) is 3.45. The fourth-order valence-electron chi connectivity index (χ4n) is 1.03. The molecule has 0 heterocycles. The summed E-state index contributed by atoms with van der Waals surface area (Å²) in [5.41, 5.74) is 0.308. The molecular weight excluding hydrogens is 258 g/mol. The van der Waals surface area contributed by atoms with Gasteiger partial charge in [-0.25, -0.2) is 4.39 Å². The van der Waals surface area contributed by atoms with E-state index < -0.39 is 11.7 Å². The zero-order valence-corrected chi connectivity index (χ0v) is 9.19. The Morgan fingerprint density at radius 1 is 1.62 bits per heavy atom. The highest BCUT2D eigenvalue weighted by Gasteiger charge is 2.16. The highest BCUT2D eigenvalue weighted by atomic mass is 79.9. The smallest absolute Gasteiger partial charge is 0.146 e. The van der Waals surface area contributed by atoms with Crippen molar-refractivity contribution in [3.8, 4) is 0 Å². The predicted octanol–water partition coefficient (Wildman–Crippen LogP) is 3.54. The van der Waals surface area contributed by atoms with Crippen LogP contribution >= 0.6 is 27.5 Å². The fraction of sp³-hybridized carbons (Fsp3) is 0.222. The molecule has 0 aliphatic rings. The van der Waals surface area contributed by atoms with Crippen LogP contribution in [0.25, 0.3) is 0 Å². The number of rotatable bonds is 2. The summed E-state index contributed by atoms with van der Waals surface area (Å²) in [7, 11) is 0. The first kappa shape index (κ1) is 10.7. The van der Waals surface area contributed by atoms with Crippen LogP contribution in [0.4, 0.5) is 4.39 Å². The van der Waals surface area contributed by atoms with E-state index in [1.807, 2.05) is 0 Å². The first-order chi connectivity index (χ1) is 6.07. The van der Waals surface area contributed by atoms with Gasteiger partial charge in [-0.2, -0.15) is 0 Å². The number of carbonyl (C=O) groups excluding carboxylic acids is 1. The topological polar surface area (TPSA) is 17.1 Å². The lowest BCUT2D eigenvalue weighted by Crippen LogP contribution is -2.00. The number of aldehydes is 1. The van der Waals surface area contributed by atoms with Gasteiger partial charge in [0, 0.05) is 16.0 Å². The molecule has 0 saturated heterocycles. The third-order valence-electron chi connectivity index (χ3n) is 1.74. The van der Waals surface area contributed by atoms with Crippen LogP contribution in [0.3, 0.4) is 0 Å². The van der Waals surface area contributed by atoms with Crippen molar-refractivity contribution >= 4 is 33.8 Å². The lowest BCUT2D eigenvalue weighted by molar-refractivity contribution is -0.108. The molecule has 1 rings (SSSR count). The average Bonchev–Trinajstić information content (AvgIpc) is 2.12. The molecule has 0 aromatic heterocycles. The molecule has 0 amide bonds. The largest absolute Gasteiger partial charge is 0.303 e.